The minimum atomic E-state index is -0.447. The van der Waals surface area contributed by atoms with Crippen molar-refractivity contribution in [1.29, 1.82) is 5.26 Å². The van der Waals surface area contributed by atoms with Crippen LogP contribution in [-0.4, -0.2) is 12.6 Å². The summed E-state index contributed by atoms with van der Waals surface area (Å²) in [5.74, 6) is 0.683. The minimum Gasteiger partial charge on any atom is -0.494 e. The average molecular weight is 321 g/mol. The van der Waals surface area contributed by atoms with Crippen LogP contribution in [0.2, 0.25) is 0 Å². The van der Waals surface area contributed by atoms with Crippen molar-refractivity contribution in [3.8, 4) is 17.6 Å². The molecule has 0 aliphatic rings. The molecule has 0 heterocycles. The summed E-state index contributed by atoms with van der Waals surface area (Å²) in [7, 11) is 0. The van der Waals surface area contributed by atoms with E-state index in [1.165, 1.54) is 0 Å². The summed E-state index contributed by atoms with van der Waals surface area (Å²) >= 11 is 0. The summed E-state index contributed by atoms with van der Waals surface area (Å²) in [6.07, 6.45) is 4.91. The van der Waals surface area contributed by atoms with Gasteiger partial charge in [-0.25, -0.2) is 4.79 Å². The molecular formula is C20H19NO3. The van der Waals surface area contributed by atoms with Crippen molar-refractivity contribution >= 4 is 5.97 Å². The number of nitriles is 1. The maximum atomic E-state index is 12.1. The van der Waals surface area contributed by atoms with Gasteiger partial charge in [-0.2, -0.15) is 5.26 Å². The smallest absolute Gasteiger partial charge is 0.343 e. The first-order valence-electron chi connectivity index (χ1n) is 7.79. The van der Waals surface area contributed by atoms with E-state index >= 15 is 0 Å². The SMILES string of the molecule is C=CCCCCOc1ccc(C(=O)Oc2ccc(C#N)cc2)cc1. The molecule has 0 N–H and O–H groups in total. The van der Waals surface area contributed by atoms with Crippen LogP contribution >= 0.6 is 0 Å². The molecule has 0 saturated carbocycles. The highest BCUT2D eigenvalue weighted by Crippen LogP contribution is 2.17. The fourth-order valence-electron chi connectivity index (χ4n) is 2.03. The van der Waals surface area contributed by atoms with Gasteiger partial charge in [0.1, 0.15) is 11.5 Å². The molecule has 122 valence electrons. The molecule has 0 aliphatic carbocycles. The zero-order valence-corrected chi connectivity index (χ0v) is 13.4. The van der Waals surface area contributed by atoms with Gasteiger partial charge in [-0.1, -0.05) is 6.08 Å². The lowest BCUT2D eigenvalue weighted by Gasteiger charge is -2.07. The van der Waals surface area contributed by atoms with E-state index in [9.17, 15) is 4.79 Å². The molecule has 0 fully saturated rings. The van der Waals surface area contributed by atoms with Gasteiger partial charge in [-0.3, -0.25) is 0 Å². The van der Waals surface area contributed by atoms with Crippen molar-refractivity contribution < 1.29 is 14.3 Å². The molecule has 4 heteroatoms. The highest BCUT2D eigenvalue weighted by Gasteiger charge is 2.08. The Hall–Kier alpha value is -3.06. The van der Waals surface area contributed by atoms with Gasteiger partial charge in [0.05, 0.1) is 23.8 Å². The van der Waals surface area contributed by atoms with Crippen LogP contribution < -0.4 is 9.47 Å². The van der Waals surface area contributed by atoms with Crippen LogP contribution in [0.3, 0.4) is 0 Å². The first kappa shape index (κ1) is 17.3. The van der Waals surface area contributed by atoms with Gasteiger partial charge in [0.25, 0.3) is 0 Å². The highest BCUT2D eigenvalue weighted by molar-refractivity contribution is 5.91. The van der Waals surface area contributed by atoms with E-state index in [1.807, 2.05) is 12.1 Å². The van der Waals surface area contributed by atoms with Crippen LogP contribution in [0.1, 0.15) is 35.2 Å². The summed E-state index contributed by atoms with van der Waals surface area (Å²) in [4.78, 5) is 12.1. The number of allylic oxidation sites excluding steroid dienone is 1. The summed E-state index contributed by atoms with van der Waals surface area (Å²) in [5.41, 5.74) is 0.961. The fourth-order valence-corrected chi connectivity index (χ4v) is 2.03. The Balaban J connectivity index is 1.86. The first-order chi connectivity index (χ1) is 11.7. The number of ether oxygens (including phenoxy) is 2. The minimum absolute atomic E-state index is 0.404. The second-order valence-corrected chi connectivity index (χ2v) is 5.18. The third-order valence-electron chi connectivity index (χ3n) is 3.36. The Bertz CT molecular complexity index is 712. The molecule has 2 rings (SSSR count). The summed E-state index contributed by atoms with van der Waals surface area (Å²) in [6.45, 7) is 4.32. The standard InChI is InChI=1S/C20H19NO3/c1-2-3-4-5-14-23-18-12-8-17(9-13-18)20(22)24-19-10-6-16(15-21)7-11-19/h2,6-13H,1,3-5,14H2. The number of hydrogen-bond donors (Lipinski definition) is 0. The van der Waals surface area contributed by atoms with Crippen LogP contribution in [0.4, 0.5) is 0 Å². The Labute approximate surface area is 141 Å². The maximum absolute atomic E-state index is 12.1. The Morgan fingerprint density at radius 2 is 1.71 bits per heavy atom. The fraction of sp³-hybridized carbons (Fsp3) is 0.200. The predicted molar refractivity (Wildman–Crippen MR) is 92.1 cm³/mol. The van der Waals surface area contributed by atoms with Gasteiger partial charge in [-0.15, -0.1) is 6.58 Å². The van der Waals surface area contributed by atoms with E-state index in [0.29, 0.717) is 23.5 Å². The summed E-state index contributed by atoms with van der Waals surface area (Å²) in [6, 6.07) is 15.3. The second-order valence-electron chi connectivity index (χ2n) is 5.18. The third kappa shape index (κ3) is 5.29. The average Bonchev–Trinajstić information content (AvgIpc) is 2.62. The van der Waals surface area contributed by atoms with Crippen LogP contribution in [0.5, 0.6) is 11.5 Å². The molecule has 0 bridgehead atoms. The van der Waals surface area contributed by atoms with Gasteiger partial charge < -0.3 is 9.47 Å². The maximum Gasteiger partial charge on any atom is 0.343 e. The van der Waals surface area contributed by atoms with Gasteiger partial charge in [0.15, 0.2) is 0 Å². The Morgan fingerprint density at radius 1 is 1.04 bits per heavy atom. The molecule has 0 unspecified atom stereocenters. The van der Waals surface area contributed by atoms with Gasteiger partial charge in [-0.05, 0) is 67.8 Å². The second kappa shape index (κ2) is 9.16. The number of unbranched alkanes of at least 4 members (excludes halogenated alkanes) is 2. The number of rotatable bonds is 8. The Morgan fingerprint density at radius 3 is 2.33 bits per heavy atom. The number of esters is 1. The van der Waals surface area contributed by atoms with Crippen molar-refractivity contribution in [1.82, 2.24) is 0 Å². The molecule has 0 atom stereocenters. The number of nitrogens with zero attached hydrogens (tertiary/aromatic N) is 1. The molecule has 0 aromatic heterocycles. The largest absolute Gasteiger partial charge is 0.494 e. The Kier molecular flexibility index (Phi) is 6.60. The van der Waals surface area contributed by atoms with Crippen LogP contribution in [0.25, 0.3) is 0 Å². The van der Waals surface area contributed by atoms with Gasteiger partial charge >= 0.3 is 5.97 Å². The molecule has 0 aliphatic heterocycles. The third-order valence-corrected chi connectivity index (χ3v) is 3.36. The van der Waals surface area contributed by atoms with Crippen molar-refractivity contribution in [3.63, 3.8) is 0 Å². The van der Waals surface area contributed by atoms with E-state index < -0.39 is 5.97 Å². The lowest BCUT2D eigenvalue weighted by atomic mass is 10.2. The lowest BCUT2D eigenvalue weighted by Crippen LogP contribution is -2.08. The van der Waals surface area contributed by atoms with Crippen molar-refractivity contribution in [2.24, 2.45) is 0 Å². The van der Waals surface area contributed by atoms with Crippen molar-refractivity contribution in [2.45, 2.75) is 19.3 Å². The summed E-state index contributed by atoms with van der Waals surface area (Å²) in [5, 5.41) is 8.74. The molecule has 4 nitrogen and oxygen atoms in total. The van der Waals surface area contributed by atoms with Crippen molar-refractivity contribution in [3.05, 3.63) is 72.3 Å². The zero-order valence-electron chi connectivity index (χ0n) is 13.4. The predicted octanol–water partition coefficient (Wildman–Crippen LogP) is 4.51. The molecule has 0 saturated heterocycles. The van der Waals surface area contributed by atoms with E-state index in [0.717, 1.165) is 25.0 Å². The molecule has 2 aromatic carbocycles. The summed E-state index contributed by atoms with van der Waals surface area (Å²) < 4.78 is 10.9. The van der Waals surface area contributed by atoms with Crippen LogP contribution in [0.15, 0.2) is 61.2 Å². The van der Waals surface area contributed by atoms with Gasteiger partial charge in [0.2, 0.25) is 0 Å². The lowest BCUT2D eigenvalue weighted by molar-refractivity contribution is 0.0734. The van der Waals surface area contributed by atoms with E-state index in [2.05, 4.69) is 6.58 Å². The first-order valence-corrected chi connectivity index (χ1v) is 7.79. The molecule has 2 aromatic rings. The topological polar surface area (TPSA) is 59.3 Å². The molecule has 0 radical (unpaired) electrons. The number of benzene rings is 2. The zero-order chi connectivity index (χ0) is 17.2. The molecule has 0 amide bonds. The number of carbonyl (C=O) groups excluding carboxylic acids is 1. The number of hydrogen-bond acceptors (Lipinski definition) is 4. The van der Waals surface area contributed by atoms with Crippen LogP contribution in [0, 0.1) is 11.3 Å². The van der Waals surface area contributed by atoms with E-state index in [4.69, 9.17) is 14.7 Å². The molecular weight excluding hydrogens is 302 g/mol. The van der Waals surface area contributed by atoms with Crippen LogP contribution in [-0.2, 0) is 0 Å². The quantitative estimate of drug-likeness (QED) is 0.310. The number of carbonyl (C=O) groups is 1. The van der Waals surface area contributed by atoms with Gasteiger partial charge in [0, 0.05) is 0 Å². The molecule has 0 spiro atoms. The van der Waals surface area contributed by atoms with E-state index in [1.54, 1.807) is 48.5 Å². The normalized spacial score (nSPS) is 9.79. The van der Waals surface area contributed by atoms with E-state index in [-0.39, 0.29) is 0 Å². The monoisotopic (exact) mass is 321 g/mol. The molecule has 24 heavy (non-hydrogen) atoms. The highest BCUT2D eigenvalue weighted by atomic mass is 16.5. The van der Waals surface area contributed by atoms with Crippen molar-refractivity contribution in [2.75, 3.05) is 6.61 Å².